The average molecular weight is 384 g/mol. The molecule has 0 radical (unpaired) electrons. The monoisotopic (exact) mass is 384 g/mol. The van der Waals surface area contributed by atoms with E-state index in [1.54, 1.807) is 16.7 Å². The van der Waals surface area contributed by atoms with Gasteiger partial charge in [-0.15, -0.1) is 0 Å². The molecule has 0 saturated carbocycles. The molecule has 1 aromatic heterocycles. The Morgan fingerprint density at radius 1 is 1.19 bits per heavy atom. The number of amides is 1. The predicted octanol–water partition coefficient (Wildman–Crippen LogP) is 3.32. The van der Waals surface area contributed by atoms with Crippen LogP contribution in [0.5, 0.6) is 5.75 Å². The van der Waals surface area contributed by atoms with Crippen LogP contribution in [0.1, 0.15) is 22.8 Å². The summed E-state index contributed by atoms with van der Waals surface area (Å²) < 4.78 is 13.1. The van der Waals surface area contributed by atoms with E-state index in [9.17, 15) is 9.59 Å². The number of ether oxygens (including phenoxy) is 2. The lowest BCUT2D eigenvalue weighted by Gasteiger charge is -2.08. The fourth-order valence-corrected chi connectivity index (χ4v) is 3.77. The highest BCUT2D eigenvalue weighted by molar-refractivity contribution is 7.16. The van der Waals surface area contributed by atoms with E-state index in [0.717, 1.165) is 15.8 Å². The van der Waals surface area contributed by atoms with Crippen LogP contribution < -0.4 is 9.54 Å². The van der Waals surface area contributed by atoms with E-state index in [1.807, 2.05) is 44.2 Å². The van der Waals surface area contributed by atoms with Crippen LogP contribution in [0.25, 0.3) is 10.2 Å². The molecule has 0 atom stereocenters. The van der Waals surface area contributed by atoms with Gasteiger partial charge in [-0.1, -0.05) is 35.1 Å². The predicted molar refractivity (Wildman–Crippen MR) is 104 cm³/mol. The van der Waals surface area contributed by atoms with Gasteiger partial charge in [0.2, 0.25) is 0 Å². The largest absolute Gasteiger partial charge is 0.492 e. The standard InChI is InChI=1S/C20H20N2O4S/c1-4-26-15-9-6-10-16-18(15)22(12-17(23)25-3)20(27-16)21-19(24)14-8-5-7-13(2)11-14/h5-11H,4,12H2,1-3H3. The maximum absolute atomic E-state index is 12.6. The molecule has 3 aromatic rings. The number of esters is 1. The minimum Gasteiger partial charge on any atom is -0.492 e. The highest BCUT2D eigenvalue weighted by atomic mass is 32.1. The minimum absolute atomic E-state index is 0.0550. The molecule has 0 aliphatic heterocycles. The Hall–Kier alpha value is -2.93. The fraction of sp³-hybridized carbons (Fsp3) is 0.250. The first-order valence-electron chi connectivity index (χ1n) is 8.51. The van der Waals surface area contributed by atoms with Crippen molar-refractivity contribution in [3.05, 3.63) is 58.4 Å². The highest BCUT2D eigenvalue weighted by Gasteiger charge is 2.16. The molecule has 27 heavy (non-hydrogen) atoms. The summed E-state index contributed by atoms with van der Waals surface area (Å²) in [5, 5.41) is 0. The Labute approximate surface area is 160 Å². The second-order valence-corrected chi connectivity index (χ2v) is 6.88. The Balaban J connectivity index is 2.19. The molecule has 0 aliphatic carbocycles. The summed E-state index contributed by atoms with van der Waals surface area (Å²) in [6, 6.07) is 12.9. The number of carbonyl (C=O) groups is 2. The molecule has 1 amide bonds. The van der Waals surface area contributed by atoms with Crippen LogP contribution in [0, 0.1) is 6.92 Å². The second-order valence-electron chi connectivity index (χ2n) is 5.87. The molecule has 3 rings (SSSR count). The summed E-state index contributed by atoms with van der Waals surface area (Å²) in [6.45, 7) is 4.24. The Morgan fingerprint density at radius 2 is 1.96 bits per heavy atom. The van der Waals surface area contributed by atoms with Crippen molar-refractivity contribution in [3.8, 4) is 5.75 Å². The Bertz CT molecular complexity index is 1070. The molecule has 0 bridgehead atoms. The van der Waals surface area contributed by atoms with Gasteiger partial charge < -0.3 is 14.0 Å². The van der Waals surface area contributed by atoms with Crippen molar-refractivity contribution in [3.63, 3.8) is 0 Å². The van der Waals surface area contributed by atoms with Gasteiger partial charge in [0.25, 0.3) is 5.91 Å². The van der Waals surface area contributed by atoms with Gasteiger partial charge in [0.15, 0.2) is 4.80 Å². The molecular weight excluding hydrogens is 364 g/mol. The van der Waals surface area contributed by atoms with Crippen molar-refractivity contribution in [1.29, 1.82) is 0 Å². The lowest BCUT2D eigenvalue weighted by molar-refractivity contribution is -0.141. The van der Waals surface area contributed by atoms with Crippen LogP contribution in [0.15, 0.2) is 47.5 Å². The number of fused-ring (bicyclic) bond motifs is 1. The first kappa shape index (κ1) is 18.8. The summed E-state index contributed by atoms with van der Waals surface area (Å²) in [6.07, 6.45) is 0. The number of hydrogen-bond donors (Lipinski definition) is 0. The van der Waals surface area contributed by atoms with E-state index < -0.39 is 5.97 Å². The lowest BCUT2D eigenvalue weighted by atomic mass is 10.1. The zero-order valence-electron chi connectivity index (χ0n) is 15.4. The SMILES string of the molecule is CCOc1cccc2sc(=NC(=O)c3cccc(C)c3)n(CC(=O)OC)c12. The topological polar surface area (TPSA) is 69.9 Å². The minimum atomic E-state index is -0.426. The summed E-state index contributed by atoms with van der Waals surface area (Å²) in [5.74, 6) is -0.146. The summed E-state index contributed by atoms with van der Waals surface area (Å²) in [5.41, 5.74) is 2.21. The number of rotatable bonds is 5. The fourth-order valence-electron chi connectivity index (χ4n) is 2.72. The molecule has 0 fully saturated rings. The number of methoxy groups -OCH3 is 1. The number of hydrogen-bond acceptors (Lipinski definition) is 5. The summed E-state index contributed by atoms with van der Waals surface area (Å²) >= 11 is 1.33. The van der Waals surface area contributed by atoms with Crippen LogP contribution in [-0.2, 0) is 16.1 Å². The van der Waals surface area contributed by atoms with Gasteiger partial charge in [0.05, 0.1) is 18.4 Å². The van der Waals surface area contributed by atoms with Crippen LogP contribution in [0.2, 0.25) is 0 Å². The molecule has 0 N–H and O–H groups in total. The van der Waals surface area contributed by atoms with Crippen molar-refractivity contribution in [2.45, 2.75) is 20.4 Å². The summed E-state index contributed by atoms with van der Waals surface area (Å²) in [4.78, 5) is 29.3. The van der Waals surface area contributed by atoms with Crippen molar-refractivity contribution in [1.82, 2.24) is 4.57 Å². The van der Waals surface area contributed by atoms with Crippen molar-refractivity contribution in [2.75, 3.05) is 13.7 Å². The first-order valence-corrected chi connectivity index (χ1v) is 9.32. The van der Waals surface area contributed by atoms with Crippen molar-refractivity contribution < 1.29 is 19.1 Å². The van der Waals surface area contributed by atoms with E-state index in [2.05, 4.69) is 4.99 Å². The number of nitrogens with zero attached hydrogens (tertiary/aromatic N) is 2. The van der Waals surface area contributed by atoms with Crippen LogP contribution in [0.4, 0.5) is 0 Å². The van der Waals surface area contributed by atoms with Crippen LogP contribution in [-0.4, -0.2) is 30.2 Å². The third-order valence-electron chi connectivity index (χ3n) is 3.94. The Kier molecular flexibility index (Phi) is 5.71. The normalized spacial score (nSPS) is 11.6. The number of aryl methyl sites for hydroxylation is 1. The maximum Gasteiger partial charge on any atom is 0.325 e. The van der Waals surface area contributed by atoms with E-state index in [1.165, 1.54) is 18.4 Å². The number of para-hydroxylation sites is 1. The zero-order valence-corrected chi connectivity index (χ0v) is 16.2. The third kappa shape index (κ3) is 4.09. The van der Waals surface area contributed by atoms with E-state index in [4.69, 9.17) is 9.47 Å². The van der Waals surface area contributed by atoms with Gasteiger partial charge in [0.1, 0.15) is 17.8 Å². The van der Waals surface area contributed by atoms with Crippen molar-refractivity contribution in [2.24, 2.45) is 4.99 Å². The van der Waals surface area contributed by atoms with Gasteiger partial charge in [-0.2, -0.15) is 4.99 Å². The summed E-state index contributed by atoms with van der Waals surface area (Å²) in [7, 11) is 1.33. The van der Waals surface area contributed by atoms with Crippen LogP contribution in [0.3, 0.4) is 0 Å². The van der Waals surface area contributed by atoms with E-state index in [0.29, 0.717) is 22.7 Å². The highest BCUT2D eigenvalue weighted by Crippen LogP contribution is 2.27. The maximum atomic E-state index is 12.6. The van der Waals surface area contributed by atoms with Gasteiger partial charge in [-0.05, 0) is 38.1 Å². The van der Waals surface area contributed by atoms with E-state index >= 15 is 0 Å². The van der Waals surface area contributed by atoms with Gasteiger partial charge >= 0.3 is 5.97 Å². The molecule has 7 heteroatoms. The Morgan fingerprint density at radius 3 is 2.67 bits per heavy atom. The smallest absolute Gasteiger partial charge is 0.325 e. The average Bonchev–Trinajstić information content (AvgIpc) is 3.00. The number of carbonyl (C=O) groups excluding carboxylic acids is 2. The second kappa shape index (κ2) is 8.18. The van der Waals surface area contributed by atoms with Gasteiger partial charge in [-0.3, -0.25) is 9.59 Å². The van der Waals surface area contributed by atoms with Crippen LogP contribution >= 0.6 is 11.3 Å². The quantitative estimate of drug-likeness (QED) is 0.633. The number of thiazole rings is 1. The molecule has 0 spiro atoms. The van der Waals surface area contributed by atoms with Crippen molar-refractivity contribution >= 4 is 33.4 Å². The molecule has 2 aromatic carbocycles. The third-order valence-corrected chi connectivity index (χ3v) is 4.98. The molecule has 0 aliphatic rings. The van der Waals surface area contributed by atoms with Gasteiger partial charge in [0, 0.05) is 5.56 Å². The molecule has 0 unspecified atom stereocenters. The molecule has 140 valence electrons. The molecule has 1 heterocycles. The number of benzene rings is 2. The lowest BCUT2D eigenvalue weighted by Crippen LogP contribution is -2.22. The zero-order chi connectivity index (χ0) is 19.4. The number of aromatic nitrogens is 1. The molecule has 0 saturated heterocycles. The van der Waals surface area contributed by atoms with E-state index in [-0.39, 0.29) is 12.5 Å². The molecular formula is C20H20N2O4S. The molecule has 6 nitrogen and oxygen atoms in total. The first-order chi connectivity index (χ1) is 13.0. The van der Waals surface area contributed by atoms with Gasteiger partial charge in [-0.25, -0.2) is 0 Å².